The Hall–Kier alpha value is -1.33. The van der Waals surface area contributed by atoms with Gasteiger partial charge in [-0.05, 0) is 37.3 Å². The van der Waals surface area contributed by atoms with Gasteiger partial charge in [0.2, 0.25) is 0 Å². The minimum absolute atomic E-state index is 0.224. The summed E-state index contributed by atoms with van der Waals surface area (Å²) >= 11 is 0. The second kappa shape index (κ2) is 4.74. The molecule has 1 aromatic rings. The van der Waals surface area contributed by atoms with Crippen LogP contribution < -0.4 is 5.32 Å². The summed E-state index contributed by atoms with van der Waals surface area (Å²) in [4.78, 5) is 0. The van der Waals surface area contributed by atoms with E-state index >= 15 is 0 Å². The number of hydrogen-bond acceptors (Lipinski definition) is 2. The van der Waals surface area contributed by atoms with Crippen molar-refractivity contribution < 1.29 is 0 Å². The van der Waals surface area contributed by atoms with Gasteiger partial charge in [0.1, 0.15) is 0 Å². The van der Waals surface area contributed by atoms with Crippen LogP contribution in [0.15, 0.2) is 30.3 Å². The molecule has 2 aliphatic carbocycles. The van der Waals surface area contributed by atoms with Gasteiger partial charge in [0.25, 0.3) is 0 Å². The average Bonchev–Trinajstić information content (AvgIpc) is 3.17. The zero-order chi connectivity index (χ0) is 12.4. The van der Waals surface area contributed by atoms with Gasteiger partial charge in [-0.3, -0.25) is 0 Å². The SMILES string of the molecule is N#CC1(c2ccccc2)CC(NCCC2CC2)C1. The van der Waals surface area contributed by atoms with Crippen molar-refractivity contribution in [3.63, 3.8) is 0 Å². The third-order valence-corrected chi connectivity index (χ3v) is 4.41. The molecule has 0 bridgehead atoms. The standard InChI is InChI=1S/C16H20N2/c17-12-16(14-4-2-1-3-5-14)10-15(11-16)18-9-8-13-6-7-13/h1-5,13,15,18H,6-11H2. The van der Waals surface area contributed by atoms with Crippen molar-refractivity contribution in [2.45, 2.75) is 43.6 Å². The second-order valence-electron chi connectivity index (χ2n) is 5.85. The fraction of sp³-hybridized carbons (Fsp3) is 0.562. The van der Waals surface area contributed by atoms with Crippen LogP contribution in [-0.4, -0.2) is 12.6 Å². The van der Waals surface area contributed by atoms with Crippen LogP contribution in [0.3, 0.4) is 0 Å². The van der Waals surface area contributed by atoms with E-state index in [1.807, 2.05) is 18.2 Å². The Kier molecular flexibility index (Phi) is 3.09. The minimum Gasteiger partial charge on any atom is -0.314 e. The summed E-state index contributed by atoms with van der Waals surface area (Å²) in [6, 6.07) is 13.3. The van der Waals surface area contributed by atoms with E-state index in [1.54, 1.807) is 0 Å². The second-order valence-corrected chi connectivity index (χ2v) is 5.85. The lowest BCUT2D eigenvalue weighted by molar-refractivity contribution is 0.226. The van der Waals surface area contributed by atoms with Crippen molar-refractivity contribution in [1.29, 1.82) is 5.26 Å². The van der Waals surface area contributed by atoms with E-state index in [0.717, 1.165) is 25.3 Å². The van der Waals surface area contributed by atoms with E-state index in [4.69, 9.17) is 0 Å². The molecule has 2 heteroatoms. The third kappa shape index (κ3) is 2.28. The molecule has 0 amide bonds. The van der Waals surface area contributed by atoms with E-state index in [9.17, 15) is 5.26 Å². The lowest BCUT2D eigenvalue weighted by atomic mass is 9.62. The van der Waals surface area contributed by atoms with Gasteiger partial charge in [-0.25, -0.2) is 0 Å². The summed E-state index contributed by atoms with van der Waals surface area (Å²) < 4.78 is 0. The van der Waals surface area contributed by atoms with E-state index in [1.165, 1.54) is 24.8 Å². The predicted molar refractivity (Wildman–Crippen MR) is 72.1 cm³/mol. The molecule has 0 unspecified atom stereocenters. The van der Waals surface area contributed by atoms with Gasteiger partial charge in [0.15, 0.2) is 0 Å². The number of nitrogens with zero attached hydrogens (tertiary/aromatic N) is 1. The Morgan fingerprint density at radius 1 is 1.22 bits per heavy atom. The number of rotatable bonds is 5. The summed E-state index contributed by atoms with van der Waals surface area (Å²) in [5.41, 5.74) is 0.964. The topological polar surface area (TPSA) is 35.8 Å². The molecular formula is C16H20N2. The van der Waals surface area contributed by atoms with E-state index in [2.05, 4.69) is 23.5 Å². The Bertz CT molecular complexity index is 436. The van der Waals surface area contributed by atoms with Crippen LogP contribution in [0.4, 0.5) is 0 Å². The van der Waals surface area contributed by atoms with Crippen LogP contribution in [0.5, 0.6) is 0 Å². The summed E-state index contributed by atoms with van der Waals surface area (Å²) in [5, 5.41) is 13.1. The molecule has 0 radical (unpaired) electrons. The lowest BCUT2D eigenvalue weighted by Crippen LogP contribution is -2.51. The first-order chi connectivity index (χ1) is 8.82. The molecule has 3 rings (SSSR count). The molecule has 2 saturated carbocycles. The lowest BCUT2D eigenvalue weighted by Gasteiger charge is -2.43. The molecule has 0 atom stereocenters. The number of nitrogens with one attached hydrogen (secondary N) is 1. The van der Waals surface area contributed by atoms with Gasteiger partial charge < -0.3 is 5.32 Å². The first-order valence-corrected chi connectivity index (χ1v) is 7.02. The summed E-state index contributed by atoms with van der Waals surface area (Å²) in [5.74, 6) is 0.993. The van der Waals surface area contributed by atoms with Crippen LogP contribution in [0.25, 0.3) is 0 Å². The predicted octanol–water partition coefficient (Wildman–Crippen LogP) is 3.00. The number of benzene rings is 1. The fourth-order valence-corrected chi connectivity index (χ4v) is 2.97. The molecule has 1 aromatic carbocycles. The number of hydrogen-bond donors (Lipinski definition) is 1. The summed E-state index contributed by atoms with van der Waals surface area (Å²) in [6.07, 6.45) is 6.12. The average molecular weight is 240 g/mol. The molecular weight excluding hydrogens is 220 g/mol. The Morgan fingerprint density at radius 2 is 1.94 bits per heavy atom. The highest BCUT2D eigenvalue weighted by Gasteiger charge is 2.45. The highest BCUT2D eigenvalue weighted by atomic mass is 14.9. The number of nitriles is 1. The normalized spacial score (nSPS) is 30.5. The minimum atomic E-state index is -0.224. The zero-order valence-corrected chi connectivity index (χ0v) is 10.7. The maximum atomic E-state index is 9.45. The van der Waals surface area contributed by atoms with Crippen LogP contribution in [0, 0.1) is 17.2 Å². The van der Waals surface area contributed by atoms with Crippen molar-refractivity contribution >= 4 is 0 Å². The van der Waals surface area contributed by atoms with E-state index in [0.29, 0.717) is 6.04 Å². The fourth-order valence-electron chi connectivity index (χ4n) is 2.97. The van der Waals surface area contributed by atoms with Gasteiger partial charge >= 0.3 is 0 Å². The van der Waals surface area contributed by atoms with Gasteiger partial charge in [0.05, 0.1) is 11.5 Å². The Balaban J connectivity index is 1.53. The first-order valence-electron chi connectivity index (χ1n) is 7.02. The van der Waals surface area contributed by atoms with Crippen molar-refractivity contribution in [3.05, 3.63) is 35.9 Å². The maximum Gasteiger partial charge on any atom is 0.0852 e. The Morgan fingerprint density at radius 3 is 2.56 bits per heavy atom. The molecule has 0 aliphatic heterocycles. The molecule has 1 N–H and O–H groups in total. The van der Waals surface area contributed by atoms with Crippen LogP contribution in [0.2, 0.25) is 0 Å². The quantitative estimate of drug-likeness (QED) is 0.858. The van der Waals surface area contributed by atoms with Crippen molar-refractivity contribution in [2.75, 3.05) is 6.54 Å². The maximum absolute atomic E-state index is 9.45. The molecule has 94 valence electrons. The van der Waals surface area contributed by atoms with E-state index in [-0.39, 0.29) is 5.41 Å². The molecule has 2 nitrogen and oxygen atoms in total. The monoisotopic (exact) mass is 240 g/mol. The molecule has 0 heterocycles. The smallest absolute Gasteiger partial charge is 0.0852 e. The molecule has 0 spiro atoms. The highest BCUT2D eigenvalue weighted by Crippen LogP contribution is 2.43. The van der Waals surface area contributed by atoms with Gasteiger partial charge in [-0.15, -0.1) is 0 Å². The molecule has 18 heavy (non-hydrogen) atoms. The Labute approximate surface area is 109 Å². The molecule has 2 aliphatic rings. The van der Waals surface area contributed by atoms with Crippen LogP contribution >= 0.6 is 0 Å². The van der Waals surface area contributed by atoms with Crippen molar-refractivity contribution in [1.82, 2.24) is 5.32 Å². The van der Waals surface area contributed by atoms with E-state index < -0.39 is 0 Å². The summed E-state index contributed by atoms with van der Waals surface area (Å²) in [6.45, 7) is 1.13. The van der Waals surface area contributed by atoms with Crippen LogP contribution in [0.1, 0.15) is 37.7 Å². The van der Waals surface area contributed by atoms with Crippen molar-refractivity contribution in [2.24, 2.45) is 5.92 Å². The molecule has 2 fully saturated rings. The van der Waals surface area contributed by atoms with Gasteiger partial charge in [0, 0.05) is 6.04 Å². The first kappa shape index (κ1) is 11.7. The molecule has 0 aromatic heterocycles. The third-order valence-electron chi connectivity index (χ3n) is 4.41. The largest absolute Gasteiger partial charge is 0.314 e. The highest BCUT2D eigenvalue weighted by molar-refractivity contribution is 5.36. The van der Waals surface area contributed by atoms with Crippen LogP contribution in [-0.2, 0) is 5.41 Å². The van der Waals surface area contributed by atoms with Crippen molar-refractivity contribution in [3.8, 4) is 6.07 Å². The van der Waals surface area contributed by atoms with Gasteiger partial charge in [-0.1, -0.05) is 43.2 Å². The summed E-state index contributed by atoms with van der Waals surface area (Å²) in [7, 11) is 0. The van der Waals surface area contributed by atoms with Gasteiger partial charge in [-0.2, -0.15) is 5.26 Å². The zero-order valence-electron chi connectivity index (χ0n) is 10.7. The molecule has 0 saturated heterocycles.